The van der Waals surface area contributed by atoms with E-state index in [0.717, 1.165) is 4.90 Å². The Kier molecular flexibility index (Phi) is 8.28. The van der Waals surface area contributed by atoms with Crippen molar-refractivity contribution in [3.63, 3.8) is 0 Å². The molecule has 5 rings (SSSR count). The number of nitrogens with one attached hydrogen (secondary N) is 2. The van der Waals surface area contributed by atoms with Crippen LogP contribution in [0.5, 0.6) is 5.75 Å². The normalized spacial score (nSPS) is 20.6. The lowest BCUT2D eigenvalue weighted by molar-refractivity contribution is -0.145. The number of aromatic nitrogens is 2. The zero-order valence-electron chi connectivity index (χ0n) is 24.2. The highest BCUT2D eigenvalue weighted by molar-refractivity contribution is 6.35. The molecular formula is C28H35FN6O7. The van der Waals surface area contributed by atoms with Crippen molar-refractivity contribution in [2.75, 3.05) is 34.8 Å². The summed E-state index contributed by atoms with van der Waals surface area (Å²) in [5, 5.41) is 16.2. The fraction of sp³-hybridized carbons (Fsp3) is 0.500. The fourth-order valence-corrected chi connectivity index (χ4v) is 5.41. The van der Waals surface area contributed by atoms with Crippen molar-refractivity contribution in [2.45, 2.75) is 51.2 Å². The predicted octanol–water partition coefficient (Wildman–Crippen LogP) is 0.998. The van der Waals surface area contributed by atoms with Gasteiger partial charge in [-0.25, -0.2) is 14.2 Å². The van der Waals surface area contributed by atoms with Gasteiger partial charge in [0.1, 0.15) is 18.2 Å². The number of carbonyl (C=O) groups is 4. The van der Waals surface area contributed by atoms with Gasteiger partial charge in [0.2, 0.25) is 5.75 Å². The Morgan fingerprint density at radius 1 is 1.10 bits per heavy atom. The van der Waals surface area contributed by atoms with E-state index in [2.05, 4.69) is 15.6 Å². The van der Waals surface area contributed by atoms with Gasteiger partial charge in [-0.1, -0.05) is 12.1 Å². The number of likely N-dealkylation sites (N-methyl/N-ethyl adjacent to an activating group) is 1. The molecule has 0 unspecified atom stereocenters. The minimum atomic E-state index is -1.32. The largest absolute Gasteiger partial charge is 0.501 e. The Labute approximate surface area is 241 Å². The molecule has 1 fully saturated rings. The van der Waals surface area contributed by atoms with Crippen molar-refractivity contribution in [3.05, 3.63) is 57.0 Å². The number of ether oxygens (including phenoxy) is 1. The van der Waals surface area contributed by atoms with Crippen LogP contribution in [0.25, 0.3) is 0 Å². The van der Waals surface area contributed by atoms with E-state index in [0.29, 0.717) is 24.0 Å². The van der Waals surface area contributed by atoms with E-state index >= 15 is 0 Å². The molecule has 226 valence electrons. The number of hydrogen-bond acceptors (Lipinski definition) is 8. The molecule has 13 nitrogen and oxygen atoms in total. The molecule has 0 spiro atoms. The average molecular weight is 587 g/mol. The van der Waals surface area contributed by atoms with Crippen LogP contribution in [0, 0.1) is 18.2 Å². The third-order valence-electron chi connectivity index (χ3n) is 7.94. The molecule has 1 aromatic carbocycles. The number of benzene rings is 1. The predicted molar refractivity (Wildman–Crippen MR) is 147 cm³/mol. The summed E-state index contributed by atoms with van der Waals surface area (Å²) in [6.07, 6.45) is 0.670. The maximum atomic E-state index is 13.7. The molecule has 1 aromatic heterocycles. The van der Waals surface area contributed by atoms with E-state index in [1.165, 1.54) is 35.7 Å². The number of aromatic hydroxyl groups is 1. The highest BCUT2D eigenvalue weighted by atomic mass is 19.1. The van der Waals surface area contributed by atoms with Crippen molar-refractivity contribution in [3.8, 4) is 5.75 Å². The second kappa shape index (κ2) is 11.4. The van der Waals surface area contributed by atoms with Crippen LogP contribution in [0.1, 0.15) is 53.1 Å². The van der Waals surface area contributed by atoms with Crippen LogP contribution < -0.4 is 16.2 Å². The van der Waals surface area contributed by atoms with Crippen LogP contribution in [0.2, 0.25) is 0 Å². The molecular weight excluding hydrogens is 551 g/mol. The molecule has 1 saturated carbocycles. The molecule has 14 heteroatoms. The first-order valence-electron chi connectivity index (χ1n) is 13.4. The number of fused-ring (bicyclic) bond motifs is 2. The lowest BCUT2D eigenvalue weighted by atomic mass is 9.68. The summed E-state index contributed by atoms with van der Waals surface area (Å²) in [7, 11) is 5.94. The molecule has 3 N–H and O–H groups in total. The van der Waals surface area contributed by atoms with Crippen molar-refractivity contribution in [1.29, 1.82) is 0 Å². The summed E-state index contributed by atoms with van der Waals surface area (Å²) in [4.78, 5) is 71.2. The van der Waals surface area contributed by atoms with Gasteiger partial charge in [0.25, 0.3) is 11.5 Å². The van der Waals surface area contributed by atoms with Crippen molar-refractivity contribution >= 4 is 23.8 Å². The first-order valence-corrected chi connectivity index (χ1v) is 13.4. The van der Waals surface area contributed by atoms with E-state index in [1.807, 2.05) is 0 Å². The van der Waals surface area contributed by atoms with E-state index in [4.69, 9.17) is 4.74 Å². The van der Waals surface area contributed by atoms with Gasteiger partial charge < -0.3 is 30.3 Å². The molecule has 2 bridgehead atoms. The average Bonchev–Trinajstić information content (AvgIpc) is 3.16. The fourth-order valence-electron chi connectivity index (χ4n) is 5.41. The topological polar surface area (TPSA) is 163 Å². The molecule has 2 aliphatic heterocycles. The maximum absolute atomic E-state index is 13.7. The van der Waals surface area contributed by atoms with Crippen molar-refractivity contribution in [1.82, 2.24) is 30.0 Å². The Hall–Kier alpha value is -4.49. The summed E-state index contributed by atoms with van der Waals surface area (Å²) in [6.45, 7) is 1.52. The lowest BCUT2D eigenvalue weighted by Crippen LogP contribution is -2.54. The Morgan fingerprint density at radius 3 is 2.36 bits per heavy atom. The number of rotatable bonds is 6. The summed E-state index contributed by atoms with van der Waals surface area (Å²) in [5.41, 5.74) is -2.52. The second-order valence-corrected chi connectivity index (χ2v) is 11.5. The molecule has 1 aliphatic carbocycles. The van der Waals surface area contributed by atoms with Crippen LogP contribution in [0.4, 0.5) is 9.18 Å². The standard InChI is InChI=1S/C28H35FN6O7/c1-16-12-17(6-7-18(16)29)13-30-21(37)19-20(36)23(39)35-14-27(15-42-26(41)34(4)5)8-10-28(11-9-27,25(35)31-19)32-22(38)24(40)33(2)3/h6-7,12,36H,8-11,13-15H2,1-5H3,(H,30,37)(H,32,38). The molecule has 0 saturated heterocycles. The second-order valence-electron chi connectivity index (χ2n) is 11.5. The summed E-state index contributed by atoms with van der Waals surface area (Å²) >= 11 is 0. The van der Waals surface area contributed by atoms with E-state index in [9.17, 15) is 33.5 Å². The van der Waals surface area contributed by atoms with Crippen LogP contribution >= 0.6 is 0 Å². The Bertz CT molecular complexity index is 1490. The summed E-state index contributed by atoms with van der Waals surface area (Å²) in [6, 6.07) is 4.32. The van der Waals surface area contributed by atoms with Gasteiger partial charge in [-0.3, -0.25) is 23.7 Å². The zero-order valence-corrected chi connectivity index (χ0v) is 24.2. The van der Waals surface area contributed by atoms with Crippen LogP contribution in [-0.2, 0) is 33.0 Å². The number of halogens is 1. The lowest BCUT2D eigenvalue weighted by Gasteiger charge is -2.41. The smallest absolute Gasteiger partial charge is 0.409 e. The van der Waals surface area contributed by atoms with Gasteiger partial charge >= 0.3 is 17.9 Å². The van der Waals surface area contributed by atoms with Gasteiger partial charge in [0.05, 0.1) is 5.54 Å². The highest BCUT2D eigenvalue weighted by Gasteiger charge is 2.52. The first kappa shape index (κ1) is 30.5. The number of carbonyl (C=O) groups excluding carboxylic acids is 4. The first-order chi connectivity index (χ1) is 19.7. The molecule has 0 radical (unpaired) electrons. The van der Waals surface area contributed by atoms with Gasteiger partial charge in [-0.2, -0.15) is 0 Å². The molecule has 4 amide bonds. The molecule has 2 aromatic rings. The Morgan fingerprint density at radius 2 is 1.76 bits per heavy atom. The van der Waals surface area contributed by atoms with E-state index in [1.54, 1.807) is 27.1 Å². The highest BCUT2D eigenvalue weighted by Crippen LogP contribution is 2.49. The van der Waals surface area contributed by atoms with Gasteiger partial charge in [0.15, 0.2) is 5.69 Å². The zero-order chi connectivity index (χ0) is 31.0. The minimum Gasteiger partial charge on any atom is -0.501 e. The number of aryl methyl sites for hydroxylation is 1. The summed E-state index contributed by atoms with van der Waals surface area (Å²) < 4.78 is 20.3. The van der Waals surface area contributed by atoms with Gasteiger partial charge in [0, 0.05) is 46.7 Å². The van der Waals surface area contributed by atoms with Gasteiger partial charge in [-0.15, -0.1) is 0 Å². The number of hydrogen-bond donors (Lipinski definition) is 3. The van der Waals surface area contributed by atoms with Crippen molar-refractivity contribution in [2.24, 2.45) is 5.41 Å². The maximum Gasteiger partial charge on any atom is 0.409 e. The molecule has 0 atom stereocenters. The Balaban J connectivity index is 1.74. The van der Waals surface area contributed by atoms with Crippen LogP contribution in [-0.4, -0.2) is 83.1 Å². The molecule has 42 heavy (non-hydrogen) atoms. The van der Waals surface area contributed by atoms with Crippen LogP contribution in [0.3, 0.4) is 0 Å². The summed E-state index contributed by atoms with van der Waals surface area (Å²) in [5.74, 6) is -3.85. The molecule has 3 aliphatic rings. The molecule has 3 heterocycles. The van der Waals surface area contributed by atoms with Gasteiger partial charge in [-0.05, 0) is 49.8 Å². The van der Waals surface area contributed by atoms with E-state index < -0.39 is 57.6 Å². The minimum absolute atomic E-state index is 0.00155. The number of nitrogens with zero attached hydrogens (tertiary/aromatic N) is 4. The van der Waals surface area contributed by atoms with Crippen molar-refractivity contribution < 1.29 is 33.4 Å². The van der Waals surface area contributed by atoms with E-state index in [-0.39, 0.29) is 38.4 Å². The quantitative estimate of drug-likeness (QED) is 0.422. The SMILES string of the molecule is Cc1cc(CNC(=O)c2nc3n(c(=O)c2O)CC2(COC(=O)N(C)C)CCC3(NC(=O)C(=O)N(C)C)CC2)ccc1F. The van der Waals surface area contributed by atoms with Crippen LogP contribution in [0.15, 0.2) is 23.0 Å². The number of amides is 4. The third kappa shape index (κ3) is 5.78. The third-order valence-corrected chi connectivity index (χ3v) is 7.94. The monoisotopic (exact) mass is 586 g/mol.